The SMILES string of the molecule is Cc1ccc(=O)n(C2CCC(NS(=O)(=O)c3nccn3C)CC2)n1. The van der Waals surface area contributed by atoms with Crippen molar-refractivity contribution in [2.24, 2.45) is 7.05 Å². The fourth-order valence-electron chi connectivity index (χ4n) is 3.10. The van der Waals surface area contributed by atoms with Crippen molar-refractivity contribution in [3.05, 3.63) is 40.6 Å². The largest absolute Gasteiger partial charge is 0.324 e. The minimum atomic E-state index is -3.63. The molecule has 2 aromatic rings. The Bertz CT molecular complexity index is 879. The maximum absolute atomic E-state index is 12.4. The molecule has 24 heavy (non-hydrogen) atoms. The number of aromatic nitrogens is 4. The molecule has 0 atom stereocenters. The molecule has 130 valence electrons. The van der Waals surface area contributed by atoms with Crippen molar-refractivity contribution in [2.75, 3.05) is 0 Å². The first-order valence-electron chi connectivity index (χ1n) is 7.93. The lowest BCUT2D eigenvalue weighted by atomic mass is 9.92. The van der Waals surface area contributed by atoms with Gasteiger partial charge < -0.3 is 4.57 Å². The van der Waals surface area contributed by atoms with E-state index in [1.54, 1.807) is 19.3 Å². The average Bonchev–Trinajstić information content (AvgIpc) is 2.97. The third-order valence-electron chi connectivity index (χ3n) is 4.34. The fraction of sp³-hybridized carbons (Fsp3) is 0.533. The van der Waals surface area contributed by atoms with Gasteiger partial charge >= 0.3 is 0 Å². The summed E-state index contributed by atoms with van der Waals surface area (Å²) in [4.78, 5) is 15.8. The van der Waals surface area contributed by atoms with Crippen molar-refractivity contribution in [3.8, 4) is 0 Å². The fourth-order valence-corrected chi connectivity index (χ4v) is 4.52. The van der Waals surface area contributed by atoms with Gasteiger partial charge in [-0.2, -0.15) is 5.10 Å². The molecular formula is C15H21N5O3S. The summed E-state index contributed by atoms with van der Waals surface area (Å²) in [5.41, 5.74) is 0.685. The van der Waals surface area contributed by atoms with Gasteiger partial charge in [-0.1, -0.05) is 0 Å². The quantitative estimate of drug-likeness (QED) is 0.876. The predicted octanol–water partition coefficient (Wildman–Crippen LogP) is 0.747. The zero-order valence-electron chi connectivity index (χ0n) is 13.7. The van der Waals surface area contributed by atoms with Crippen LogP contribution in [-0.4, -0.2) is 33.8 Å². The van der Waals surface area contributed by atoms with Gasteiger partial charge in [0.15, 0.2) is 0 Å². The Morgan fingerprint density at radius 1 is 1.21 bits per heavy atom. The molecule has 1 fully saturated rings. The van der Waals surface area contributed by atoms with Crippen LogP contribution in [0.4, 0.5) is 0 Å². The van der Waals surface area contributed by atoms with E-state index < -0.39 is 10.0 Å². The molecule has 2 heterocycles. The van der Waals surface area contributed by atoms with E-state index in [2.05, 4.69) is 14.8 Å². The number of rotatable bonds is 4. The Morgan fingerprint density at radius 2 is 1.92 bits per heavy atom. The van der Waals surface area contributed by atoms with Crippen LogP contribution in [0.3, 0.4) is 0 Å². The van der Waals surface area contributed by atoms with Crippen LogP contribution in [0, 0.1) is 6.92 Å². The highest BCUT2D eigenvalue weighted by molar-refractivity contribution is 7.89. The first kappa shape index (κ1) is 16.8. The van der Waals surface area contributed by atoms with E-state index in [4.69, 9.17) is 0 Å². The topological polar surface area (TPSA) is 98.9 Å². The van der Waals surface area contributed by atoms with E-state index in [1.165, 1.54) is 21.5 Å². The van der Waals surface area contributed by atoms with Crippen LogP contribution in [-0.2, 0) is 17.1 Å². The number of nitrogens with one attached hydrogen (secondary N) is 1. The first-order chi connectivity index (χ1) is 11.4. The van der Waals surface area contributed by atoms with Crippen molar-refractivity contribution in [1.29, 1.82) is 0 Å². The Balaban J connectivity index is 1.66. The molecule has 1 aliphatic rings. The molecule has 0 spiro atoms. The summed E-state index contributed by atoms with van der Waals surface area (Å²) >= 11 is 0. The minimum absolute atomic E-state index is 0.0150. The highest BCUT2D eigenvalue weighted by Crippen LogP contribution is 2.27. The van der Waals surface area contributed by atoms with E-state index in [-0.39, 0.29) is 22.8 Å². The Kier molecular flexibility index (Phi) is 4.55. The molecule has 0 aromatic carbocycles. The molecule has 9 heteroatoms. The van der Waals surface area contributed by atoms with Crippen molar-refractivity contribution in [3.63, 3.8) is 0 Å². The molecule has 0 radical (unpaired) electrons. The second kappa shape index (κ2) is 6.48. The molecular weight excluding hydrogens is 330 g/mol. The van der Waals surface area contributed by atoms with E-state index in [0.717, 1.165) is 5.69 Å². The van der Waals surface area contributed by atoms with Crippen LogP contribution < -0.4 is 10.3 Å². The molecule has 3 rings (SSSR count). The third kappa shape index (κ3) is 3.41. The number of hydrogen-bond donors (Lipinski definition) is 1. The van der Waals surface area contributed by atoms with Gasteiger partial charge in [-0.15, -0.1) is 0 Å². The Hall–Kier alpha value is -2.00. The van der Waals surface area contributed by atoms with Crippen molar-refractivity contribution in [2.45, 2.75) is 49.8 Å². The number of nitrogens with zero attached hydrogens (tertiary/aromatic N) is 4. The maximum Gasteiger partial charge on any atom is 0.274 e. The molecule has 1 aliphatic carbocycles. The van der Waals surface area contributed by atoms with Gasteiger partial charge in [0, 0.05) is 31.5 Å². The van der Waals surface area contributed by atoms with Gasteiger partial charge in [0.2, 0.25) is 5.16 Å². The summed E-state index contributed by atoms with van der Waals surface area (Å²) < 4.78 is 30.5. The molecule has 0 saturated heterocycles. The summed E-state index contributed by atoms with van der Waals surface area (Å²) in [6.07, 6.45) is 5.81. The van der Waals surface area contributed by atoms with E-state index in [1.807, 2.05) is 6.92 Å². The lowest BCUT2D eigenvalue weighted by molar-refractivity contribution is 0.284. The normalized spacial score (nSPS) is 21.8. The molecule has 2 aromatic heterocycles. The van der Waals surface area contributed by atoms with Crippen LogP contribution in [0.1, 0.15) is 37.4 Å². The summed E-state index contributed by atoms with van der Waals surface area (Å²) in [5.74, 6) is 0. The lowest BCUT2D eigenvalue weighted by Gasteiger charge is -2.29. The van der Waals surface area contributed by atoms with Crippen LogP contribution in [0.25, 0.3) is 0 Å². The second-order valence-corrected chi connectivity index (χ2v) is 7.81. The van der Waals surface area contributed by atoms with E-state index in [9.17, 15) is 13.2 Å². The minimum Gasteiger partial charge on any atom is -0.324 e. The molecule has 0 amide bonds. The highest BCUT2D eigenvalue weighted by atomic mass is 32.2. The van der Waals surface area contributed by atoms with Gasteiger partial charge in [-0.3, -0.25) is 4.79 Å². The second-order valence-electron chi connectivity index (χ2n) is 6.20. The van der Waals surface area contributed by atoms with Gasteiger partial charge in [0.25, 0.3) is 15.6 Å². The zero-order valence-corrected chi connectivity index (χ0v) is 14.5. The zero-order chi connectivity index (χ0) is 17.3. The van der Waals surface area contributed by atoms with Gasteiger partial charge in [-0.25, -0.2) is 22.8 Å². The van der Waals surface area contributed by atoms with Gasteiger partial charge in [0.1, 0.15) is 0 Å². The molecule has 0 aliphatic heterocycles. The standard InChI is InChI=1S/C15H21N5O3S/c1-11-3-8-14(21)20(17-11)13-6-4-12(5-7-13)18-24(22,23)15-16-9-10-19(15)2/h3,8-10,12-13,18H,4-7H2,1-2H3. The Morgan fingerprint density at radius 3 is 2.54 bits per heavy atom. The molecule has 0 unspecified atom stereocenters. The number of aryl methyl sites for hydroxylation is 2. The van der Waals surface area contributed by atoms with E-state index >= 15 is 0 Å². The Labute approximate surface area is 140 Å². The molecule has 0 bridgehead atoms. The predicted molar refractivity (Wildman–Crippen MR) is 88.1 cm³/mol. The lowest BCUT2D eigenvalue weighted by Crippen LogP contribution is -2.40. The smallest absolute Gasteiger partial charge is 0.274 e. The molecule has 1 saturated carbocycles. The number of hydrogen-bond acceptors (Lipinski definition) is 5. The van der Waals surface area contributed by atoms with Crippen LogP contribution in [0.2, 0.25) is 0 Å². The average molecular weight is 351 g/mol. The number of sulfonamides is 1. The summed E-state index contributed by atoms with van der Waals surface area (Å²) in [7, 11) is -1.98. The number of imidazole rings is 1. The van der Waals surface area contributed by atoms with Crippen LogP contribution >= 0.6 is 0 Å². The first-order valence-corrected chi connectivity index (χ1v) is 9.41. The van der Waals surface area contributed by atoms with Crippen molar-refractivity contribution < 1.29 is 8.42 Å². The van der Waals surface area contributed by atoms with E-state index in [0.29, 0.717) is 25.7 Å². The van der Waals surface area contributed by atoms with Crippen molar-refractivity contribution in [1.82, 2.24) is 24.1 Å². The van der Waals surface area contributed by atoms with Gasteiger partial charge in [0.05, 0.1) is 11.7 Å². The summed E-state index contributed by atoms with van der Waals surface area (Å²) in [6, 6.07) is 3.10. The summed E-state index contributed by atoms with van der Waals surface area (Å²) in [5, 5.41) is 4.32. The molecule has 1 N–H and O–H groups in total. The molecule has 8 nitrogen and oxygen atoms in total. The van der Waals surface area contributed by atoms with Crippen LogP contribution in [0.15, 0.2) is 34.5 Å². The van der Waals surface area contributed by atoms with Crippen LogP contribution in [0.5, 0.6) is 0 Å². The highest BCUT2D eigenvalue weighted by Gasteiger charge is 2.29. The van der Waals surface area contributed by atoms with Gasteiger partial charge in [-0.05, 0) is 38.7 Å². The van der Waals surface area contributed by atoms with Crippen molar-refractivity contribution >= 4 is 10.0 Å². The monoisotopic (exact) mass is 351 g/mol. The maximum atomic E-state index is 12.4. The summed E-state index contributed by atoms with van der Waals surface area (Å²) in [6.45, 7) is 1.85. The third-order valence-corrected chi connectivity index (χ3v) is 5.86.